The van der Waals surface area contributed by atoms with Gasteiger partial charge >= 0.3 is 110 Å². The van der Waals surface area contributed by atoms with Gasteiger partial charge in [0, 0.05) is 0 Å². The zero-order chi connectivity index (χ0) is 13.4. The van der Waals surface area contributed by atoms with Crippen LogP contribution in [0.25, 0.3) is 0 Å². The van der Waals surface area contributed by atoms with Crippen molar-refractivity contribution in [3.05, 3.63) is 43.9 Å². The quantitative estimate of drug-likeness (QED) is 0.634. The van der Waals surface area contributed by atoms with E-state index >= 15 is 0 Å². The second-order valence-corrected chi connectivity index (χ2v) is 22.1. The Labute approximate surface area is 110 Å². The number of rotatable bonds is 3. The molecule has 18 heavy (non-hydrogen) atoms. The molecule has 0 bridgehead atoms. The minimum atomic E-state index is -2.84. The number of allylic oxidation sites excluding steroid dienone is 6. The van der Waals surface area contributed by atoms with Crippen LogP contribution in [0.4, 0.5) is 0 Å². The van der Waals surface area contributed by atoms with Gasteiger partial charge in [-0.2, -0.15) is 0 Å². The topological polar surface area (TPSA) is 26.3 Å². The van der Waals surface area contributed by atoms with E-state index in [2.05, 4.69) is 40.2 Å². The molecule has 0 aliphatic heterocycles. The Balaban J connectivity index is 2.50. The van der Waals surface area contributed by atoms with Crippen LogP contribution in [0.15, 0.2) is 43.9 Å². The molecule has 0 spiro atoms. The molecule has 0 amide bonds. The van der Waals surface area contributed by atoms with E-state index in [-0.39, 0.29) is 5.97 Å². The van der Waals surface area contributed by atoms with E-state index in [1.54, 1.807) is 0 Å². The van der Waals surface area contributed by atoms with Crippen LogP contribution in [-0.2, 0) is 24.3 Å². The van der Waals surface area contributed by atoms with Crippen LogP contribution >= 0.6 is 0 Å². The van der Waals surface area contributed by atoms with Crippen molar-refractivity contribution in [1.82, 2.24) is 0 Å². The molecule has 0 N–H and O–H groups in total. The summed E-state index contributed by atoms with van der Waals surface area (Å²) in [6.07, 6.45) is 12.5. The van der Waals surface area contributed by atoms with Crippen molar-refractivity contribution in [3.63, 3.8) is 0 Å². The van der Waals surface area contributed by atoms with Crippen LogP contribution in [0.5, 0.6) is 0 Å². The van der Waals surface area contributed by atoms with Crippen LogP contribution < -0.4 is 0 Å². The molecule has 2 aliphatic rings. The third kappa shape index (κ3) is 2.07. The molecular formula is C15H21O2Pt. The summed E-state index contributed by atoms with van der Waals surface area (Å²) in [4.78, 5) is 11.9. The molecule has 0 aromatic rings. The van der Waals surface area contributed by atoms with Crippen molar-refractivity contribution in [1.29, 1.82) is 0 Å². The Hall–Kier alpha value is -0.882. The maximum absolute atomic E-state index is 11.9. The monoisotopic (exact) mass is 428 g/mol. The molecule has 103 valence electrons. The third-order valence-electron chi connectivity index (χ3n) is 3.33. The summed E-state index contributed by atoms with van der Waals surface area (Å²) in [6, 6.07) is 0. The van der Waals surface area contributed by atoms with Crippen LogP contribution in [0, 0.1) is 0 Å². The van der Waals surface area contributed by atoms with Crippen molar-refractivity contribution >= 4 is 5.97 Å². The molecule has 0 saturated heterocycles. The Morgan fingerprint density at radius 1 is 1.22 bits per heavy atom. The molecule has 3 heteroatoms. The van der Waals surface area contributed by atoms with Gasteiger partial charge in [0.05, 0.1) is 0 Å². The third-order valence-corrected chi connectivity index (χ3v) is 15.2. The van der Waals surface area contributed by atoms with E-state index in [9.17, 15) is 4.79 Å². The molecule has 0 unspecified atom stereocenters. The Kier molecular flexibility index (Phi) is 3.27. The normalized spacial score (nSPS) is 20.9. The SMILES string of the molecule is COC(=O)C1=[C]([Pt]([CH3])([CH3])([CH3])[C]2=CC=CC2)CC=C1. The zero-order valence-electron chi connectivity index (χ0n) is 11.4. The van der Waals surface area contributed by atoms with Crippen LogP contribution in [-0.4, -0.2) is 13.1 Å². The molecule has 0 heterocycles. The maximum atomic E-state index is 11.9. The van der Waals surface area contributed by atoms with Crippen LogP contribution in [0.3, 0.4) is 0 Å². The summed E-state index contributed by atoms with van der Waals surface area (Å²) in [6.45, 7) is 0. The molecule has 0 aromatic carbocycles. The molecule has 2 rings (SSSR count). The number of carbonyl (C=O) groups excluding carboxylic acids is 1. The predicted molar refractivity (Wildman–Crippen MR) is 72.2 cm³/mol. The summed E-state index contributed by atoms with van der Waals surface area (Å²) in [7, 11) is 1.46. The van der Waals surface area contributed by atoms with E-state index in [4.69, 9.17) is 4.74 Å². The van der Waals surface area contributed by atoms with Crippen LogP contribution in [0.1, 0.15) is 12.8 Å². The zero-order valence-corrected chi connectivity index (χ0v) is 13.7. The van der Waals surface area contributed by atoms with Gasteiger partial charge in [-0.15, -0.1) is 0 Å². The first kappa shape index (κ1) is 13.5. The van der Waals surface area contributed by atoms with Crippen molar-refractivity contribution in [2.75, 3.05) is 7.11 Å². The number of hydrogen-bond acceptors (Lipinski definition) is 2. The second-order valence-electron chi connectivity index (χ2n) is 5.06. The summed E-state index contributed by atoms with van der Waals surface area (Å²) in [5.74, 6) is -0.190. The van der Waals surface area contributed by atoms with Crippen LogP contribution in [0.2, 0.25) is 15.9 Å². The Morgan fingerprint density at radius 3 is 2.50 bits per heavy atom. The summed E-state index contributed by atoms with van der Waals surface area (Å²) in [5.41, 5.74) is 0.798. The van der Waals surface area contributed by atoms with Crippen molar-refractivity contribution in [2.24, 2.45) is 0 Å². The number of carbonyl (C=O) groups is 1. The van der Waals surface area contributed by atoms with E-state index in [0.717, 1.165) is 18.4 Å². The van der Waals surface area contributed by atoms with Gasteiger partial charge in [-0.3, -0.25) is 0 Å². The fraction of sp³-hybridized carbons (Fsp3) is 0.400. The molecule has 0 saturated carbocycles. The fourth-order valence-electron chi connectivity index (χ4n) is 2.22. The number of hydrogen-bond donors (Lipinski definition) is 0. The van der Waals surface area contributed by atoms with E-state index in [1.807, 2.05) is 6.08 Å². The molecule has 0 aromatic heterocycles. The summed E-state index contributed by atoms with van der Waals surface area (Å²) >= 11 is -2.84. The number of methoxy groups -OCH3 is 1. The first-order valence-corrected chi connectivity index (χ1v) is 14.8. The van der Waals surface area contributed by atoms with Gasteiger partial charge in [-0.1, -0.05) is 0 Å². The summed E-state index contributed by atoms with van der Waals surface area (Å²) < 4.78 is 7.78. The van der Waals surface area contributed by atoms with Crippen molar-refractivity contribution in [2.45, 2.75) is 28.8 Å². The van der Waals surface area contributed by atoms with Gasteiger partial charge in [-0.05, 0) is 0 Å². The molecule has 2 nitrogen and oxygen atoms in total. The molecule has 2 aliphatic carbocycles. The number of esters is 1. The van der Waals surface area contributed by atoms with Gasteiger partial charge in [-0.25, -0.2) is 0 Å². The van der Waals surface area contributed by atoms with Gasteiger partial charge < -0.3 is 0 Å². The summed E-state index contributed by atoms with van der Waals surface area (Å²) in [5, 5.41) is 7.15. The van der Waals surface area contributed by atoms with E-state index < -0.39 is 14.8 Å². The van der Waals surface area contributed by atoms with Gasteiger partial charge in [0.25, 0.3) is 0 Å². The van der Waals surface area contributed by atoms with Gasteiger partial charge in [0.2, 0.25) is 0 Å². The van der Waals surface area contributed by atoms with E-state index in [0.29, 0.717) is 0 Å². The van der Waals surface area contributed by atoms with Crippen molar-refractivity contribution < 1.29 is 24.3 Å². The Morgan fingerprint density at radius 2 is 1.94 bits per heavy atom. The number of ether oxygens (including phenoxy) is 1. The van der Waals surface area contributed by atoms with Gasteiger partial charge in [0.15, 0.2) is 0 Å². The fourth-order valence-corrected chi connectivity index (χ4v) is 11.0. The first-order chi connectivity index (χ1) is 8.35. The first-order valence-electron chi connectivity index (χ1n) is 5.68. The van der Waals surface area contributed by atoms with E-state index in [1.165, 1.54) is 15.0 Å². The Bertz CT molecular complexity index is 510. The average Bonchev–Trinajstić information content (AvgIpc) is 2.98. The van der Waals surface area contributed by atoms with Gasteiger partial charge in [0.1, 0.15) is 0 Å². The molecular weight excluding hydrogens is 407 g/mol. The second kappa shape index (κ2) is 4.35. The molecule has 0 fully saturated rings. The standard InChI is InChI=1S/C7H7O2.C5H5.3CH3.Pt/c1-9-7(8)6-4-2-3-5-6;1-2-4-5-3-1;;;;/h2,4H,3H2,1H3;1-3H,4H2;3*1H3;. The molecule has 0 radical (unpaired) electrons. The predicted octanol–water partition coefficient (Wildman–Crippen LogP) is 4.05. The minimum absolute atomic E-state index is 0.190. The molecule has 0 atom stereocenters. The van der Waals surface area contributed by atoms with Crippen molar-refractivity contribution in [3.8, 4) is 0 Å². The average molecular weight is 428 g/mol.